The molecule has 2 saturated heterocycles. The first kappa shape index (κ1) is 14.8. The molecule has 1 aliphatic carbocycles. The van der Waals surface area contributed by atoms with E-state index in [2.05, 4.69) is 4.90 Å². The van der Waals surface area contributed by atoms with Crippen molar-refractivity contribution in [3.63, 3.8) is 0 Å². The molecule has 0 aromatic heterocycles. The number of hydrogen-bond acceptors (Lipinski definition) is 3. The van der Waals surface area contributed by atoms with Crippen LogP contribution in [0.15, 0.2) is 0 Å². The second-order valence-corrected chi connectivity index (χ2v) is 7.12. The smallest absolute Gasteiger partial charge is 0.239 e. The highest BCUT2D eigenvalue weighted by Gasteiger charge is 2.59. The molecule has 3 rings (SSSR count). The molecule has 0 aromatic carbocycles. The summed E-state index contributed by atoms with van der Waals surface area (Å²) >= 11 is 0. The van der Waals surface area contributed by atoms with Crippen molar-refractivity contribution in [2.45, 2.75) is 51.5 Å². The van der Waals surface area contributed by atoms with Crippen molar-refractivity contribution in [2.75, 3.05) is 26.2 Å². The lowest BCUT2D eigenvalue weighted by Gasteiger charge is -2.34. The lowest BCUT2D eigenvalue weighted by atomic mass is 9.90. The highest BCUT2D eigenvalue weighted by molar-refractivity contribution is 5.83. The summed E-state index contributed by atoms with van der Waals surface area (Å²) in [6.07, 6.45) is 6.53. The normalized spacial score (nSPS) is 29.3. The van der Waals surface area contributed by atoms with Gasteiger partial charge in [-0.25, -0.2) is 0 Å². The van der Waals surface area contributed by atoms with Gasteiger partial charge in [-0.3, -0.25) is 9.59 Å². The molecule has 2 amide bonds. The van der Waals surface area contributed by atoms with Gasteiger partial charge in [0, 0.05) is 32.1 Å². The number of nitrogens with zero attached hydrogens (tertiary/aromatic N) is 2. The molecule has 5 heteroatoms. The maximum absolute atomic E-state index is 12.6. The van der Waals surface area contributed by atoms with Gasteiger partial charge in [-0.2, -0.15) is 0 Å². The number of amides is 2. The first-order chi connectivity index (χ1) is 10.0. The van der Waals surface area contributed by atoms with Crippen molar-refractivity contribution in [2.24, 2.45) is 17.1 Å². The van der Waals surface area contributed by atoms with E-state index in [9.17, 15) is 9.59 Å². The lowest BCUT2D eigenvalue weighted by molar-refractivity contribution is -0.135. The molecule has 3 fully saturated rings. The number of carbonyl (C=O) groups is 2. The fourth-order valence-corrected chi connectivity index (χ4v) is 4.04. The van der Waals surface area contributed by atoms with E-state index < -0.39 is 6.04 Å². The fourth-order valence-electron chi connectivity index (χ4n) is 4.04. The summed E-state index contributed by atoms with van der Waals surface area (Å²) in [7, 11) is 0. The van der Waals surface area contributed by atoms with Crippen molar-refractivity contribution < 1.29 is 9.59 Å². The van der Waals surface area contributed by atoms with E-state index in [4.69, 9.17) is 5.73 Å². The van der Waals surface area contributed by atoms with Crippen LogP contribution >= 0.6 is 0 Å². The van der Waals surface area contributed by atoms with E-state index >= 15 is 0 Å². The molecule has 0 radical (unpaired) electrons. The van der Waals surface area contributed by atoms with Gasteiger partial charge in [-0.05, 0) is 50.9 Å². The third kappa shape index (κ3) is 2.80. The number of nitrogens with two attached hydrogens (primary N) is 1. The molecular weight excluding hydrogens is 266 g/mol. The second-order valence-electron chi connectivity index (χ2n) is 7.12. The molecule has 3 aliphatic rings. The van der Waals surface area contributed by atoms with Crippen molar-refractivity contribution in [1.29, 1.82) is 0 Å². The standard InChI is InChI=1S/C16H27N3O2/c1-12(17)14(20)19-9-5-16(6-10-19)11-13(16)15(21)18-7-3-2-4-8-18/h12-13H,2-11,17H2,1H3/t12-,13?/m1/s1. The highest BCUT2D eigenvalue weighted by atomic mass is 16.2. The van der Waals surface area contributed by atoms with Gasteiger partial charge in [-0.15, -0.1) is 0 Å². The highest BCUT2D eigenvalue weighted by Crippen LogP contribution is 2.60. The van der Waals surface area contributed by atoms with Gasteiger partial charge in [0.15, 0.2) is 0 Å². The van der Waals surface area contributed by atoms with E-state index in [0.29, 0.717) is 5.91 Å². The predicted molar refractivity (Wildman–Crippen MR) is 80.4 cm³/mol. The van der Waals surface area contributed by atoms with E-state index in [-0.39, 0.29) is 17.2 Å². The number of carbonyl (C=O) groups excluding carboxylic acids is 2. The third-order valence-corrected chi connectivity index (χ3v) is 5.62. The van der Waals surface area contributed by atoms with E-state index in [1.54, 1.807) is 6.92 Å². The van der Waals surface area contributed by atoms with E-state index in [1.165, 1.54) is 6.42 Å². The topological polar surface area (TPSA) is 66.6 Å². The van der Waals surface area contributed by atoms with Gasteiger partial charge in [0.05, 0.1) is 6.04 Å². The summed E-state index contributed by atoms with van der Waals surface area (Å²) in [6.45, 7) is 5.17. The van der Waals surface area contributed by atoms with Gasteiger partial charge in [-0.1, -0.05) is 0 Å². The average molecular weight is 293 g/mol. The van der Waals surface area contributed by atoms with Crippen LogP contribution in [0.25, 0.3) is 0 Å². The zero-order valence-electron chi connectivity index (χ0n) is 13.0. The summed E-state index contributed by atoms with van der Waals surface area (Å²) in [5, 5.41) is 0. The van der Waals surface area contributed by atoms with Gasteiger partial charge in [0.25, 0.3) is 0 Å². The Morgan fingerprint density at radius 3 is 2.24 bits per heavy atom. The van der Waals surface area contributed by atoms with Crippen LogP contribution in [-0.2, 0) is 9.59 Å². The van der Waals surface area contributed by atoms with Crippen LogP contribution in [0.1, 0.15) is 45.4 Å². The minimum atomic E-state index is -0.413. The second kappa shape index (κ2) is 5.59. The average Bonchev–Trinajstić information content (AvgIpc) is 3.21. The maximum Gasteiger partial charge on any atom is 0.239 e. The zero-order chi connectivity index (χ0) is 15.0. The quantitative estimate of drug-likeness (QED) is 0.825. The van der Waals surface area contributed by atoms with Crippen LogP contribution in [0.3, 0.4) is 0 Å². The Kier molecular flexibility index (Phi) is 3.95. The number of piperidine rings is 2. The van der Waals surface area contributed by atoms with Gasteiger partial charge in [0.2, 0.25) is 11.8 Å². The lowest BCUT2D eigenvalue weighted by Crippen LogP contribution is -2.47. The Bertz CT molecular complexity index is 421. The summed E-state index contributed by atoms with van der Waals surface area (Å²) in [6, 6.07) is -0.413. The van der Waals surface area contributed by atoms with Crippen LogP contribution in [-0.4, -0.2) is 53.8 Å². The molecule has 1 unspecified atom stereocenters. The molecule has 1 spiro atoms. The molecule has 21 heavy (non-hydrogen) atoms. The number of rotatable bonds is 2. The third-order valence-electron chi connectivity index (χ3n) is 5.62. The van der Waals surface area contributed by atoms with Crippen LogP contribution in [0.2, 0.25) is 0 Å². The van der Waals surface area contributed by atoms with Crippen molar-refractivity contribution in [3.8, 4) is 0 Å². The zero-order valence-corrected chi connectivity index (χ0v) is 13.0. The number of hydrogen-bond donors (Lipinski definition) is 1. The van der Waals surface area contributed by atoms with Crippen molar-refractivity contribution >= 4 is 11.8 Å². The SMILES string of the molecule is C[C@@H](N)C(=O)N1CCC2(CC1)CC2C(=O)N1CCCCC1. The van der Waals surface area contributed by atoms with Crippen LogP contribution in [0, 0.1) is 11.3 Å². The summed E-state index contributed by atoms with van der Waals surface area (Å²) in [4.78, 5) is 28.4. The number of likely N-dealkylation sites (tertiary alicyclic amines) is 2. The minimum Gasteiger partial charge on any atom is -0.342 e. The Hall–Kier alpha value is -1.10. The van der Waals surface area contributed by atoms with Crippen molar-refractivity contribution in [3.05, 3.63) is 0 Å². The van der Waals surface area contributed by atoms with Crippen LogP contribution < -0.4 is 5.73 Å². The van der Waals surface area contributed by atoms with Gasteiger partial charge >= 0.3 is 0 Å². The van der Waals surface area contributed by atoms with Crippen LogP contribution in [0.4, 0.5) is 0 Å². The first-order valence-corrected chi connectivity index (χ1v) is 8.37. The van der Waals surface area contributed by atoms with E-state index in [0.717, 1.165) is 58.3 Å². The van der Waals surface area contributed by atoms with Gasteiger partial charge in [0.1, 0.15) is 0 Å². The Labute approximate surface area is 126 Å². The molecular formula is C16H27N3O2. The minimum absolute atomic E-state index is 0.0457. The molecule has 2 N–H and O–H groups in total. The Morgan fingerprint density at radius 2 is 1.67 bits per heavy atom. The monoisotopic (exact) mass is 293 g/mol. The summed E-state index contributed by atoms with van der Waals surface area (Å²) < 4.78 is 0. The van der Waals surface area contributed by atoms with E-state index in [1.807, 2.05) is 4.90 Å². The Balaban J connectivity index is 1.53. The van der Waals surface area contributed by atoms with Gasteiger partial charge < -0.3 is 15.5 Å². The predicted octanol–water partition coefficient (Wildman–Crippen LogP) is 0.975. The summed E-state index contributed by atoms with van der Waals surface area (Å²) in [5.41, 5.74) is 5.87. The molecule has 2 heterocycles. The molecule has 1 saturated carbocycles. The molecule has 0 bridgehead atoms. The largest absolute Gasteiger partial charge is 0.342 e. The fraction of sp³-hybridized carbons (Fsp3) is 0.875. The van der Waals surface area contributed by atoms with Crippen LogP contribution in [0.5, 0.6) is 0 Å². The molecule has 2 atom stereocenters. The van der Waals surface area contributed by atoms with Crippen molar-refractivity contribution in [1.82, 2.24) is 9.80 Å². The molecule has 2 aliphatic heterocycles. The summed E-state index contributed by atoms with van der Waals surface area (Å²) in [5.74, 6) is 0.647. The Morgan fingerprint density at radius 1 is 1.05 bits per heavy atom. The molecule has 118 valence electrons. The maximum atomic E-state index is 12.6. The molecule has 0 aromatic rings. The first-order valence-electron chi connectivity index (χ1n) is 8.37. The molecule has 5 nitrogen and oxygen atoms in total.